The Bertz CT molecular complexity index is 968. The van der Waals surface area contributed by atoms with Gasteiger partial charge < -0.3 is 10.1 Å². The Morgan fingerprint density at radius 1 is 0.889 bits per heavy atom. The first-order valence-electron chi connectivity index (χ1n) is 9.21. The predicted molar refractivity (Wildman–Crippen MR) is 110 cm³/mol. The topological polar surface area (TPSA) is 45.6 Å². The van der Waals surface area contributed by atoms with E-state index in [1.807, 2.05) is 62.5 Å². The number of fused-ring (bicyclic) bond motifs is 1. The van der Waals surface area contributed by atoms with Gasteiger partial charge in [-0.15, -0.1) is 0 Å². The normalized spacial score (nSPS) is 18.2. The van der Waals surface area contributed by atoms with Crippen molar-refractivity contribution in [2.24, 2.45) is 4.99 Å². The van der Waals surface area contributed by atoms with Crippen molar-refractivity contribution in [2.45, 2.75) is 12.6 Å². The third-order valence-electron chi connectivity index (χ3n) is 4.84. The lowest BCUT2D eigenvalue weighted by Crippen LogP contribution is -2.44. The van der Waals surface area contributed by atoms with Crippen molar-refractivity contribution < 1.29 is 4.74 Å². The molecule has 27 heavy (non-hydrogen) atoms. The van der Waals surface area contributed by atoms with Crippen molar-refractivity contribution >= 4 is 11.5 Å². The zero-order valence-corrected chi connectivity index (χ0v) is 15.6. The molecule has 0 aromatic heterocycles. The molecule has 0 aliphatic carbocycles. The maximum absolute atomic E-state index is 5.94. The van der Waals surface area contributed by atoms with E-state index in [1.165, 1.54) is 0 Å². The number of aliphatic imine (C=N–C) groups is 1. The molecule has 1 unspecified atom stereocenters. The van der Waals surface area contributed by atoms with Gasteiger partial charge in [0.25, 0.3) is 0 Å². The zero-order chi connectivity index (χ0) is 18.7. The van der Waals surface area contributed by atoms with E-state index in [4.69, 9.17) is 9.73 Å². The largest absolute Gasteiger partial charge is 0.493 e. The van der Waals surface area contributed by atoms with Gasteiger partial charge in [0.15, 0.2) is 5.66 Å². The number of nitrogens with zero attached hydrogens (tertiary/aromatic N) is 1. The minimum absolute atomic E-state index is 0.603. The number of ether oxygens (including phenoxy) is 1. The van der Waals surface area contributed by atoms with Crippen LogP contribution in [0.5, 0.6) is 5.75 Å². The monoisotopic (exact) mass is 357 g/mol. The smallest absolute Gasteiger partial charge is 0.170 e. The average Bonchev–Trinajstić information content (AvgIpc) is 2.74. The SMILES string of the molecule is CCOc1ccccc1C1(NC)N=C(c2ccccc2)Nc2ccccc21. The fourth-order valence-electron chi connectivity index (χ4n) is 3.60. The number of rotatable bonds is 5. The first-order chi connectivity index (χ1) is 13.3. The molecule has 3 aromatic carbocycles. The number of amidine groups is 1. The fraction of sp³-hybridized carbons (Fsp3) is 0.174. The van der Waals surface area contributed by atoms with Crippen LogP contribution in [0.4, 0.5) is 5.69 Å². The number of anilines is 1. The Balaban J connectivity index is 1.98. The molecule has 0 bridgehead atoms. The van der Waals surface area contributed by atoms with Gasteiger partial charge >= 0.3 is 0 Å². The molecule has 0 saturated carbocycles. The number of benzene rings is 3. The Labute approximate surface area is 159 Å². The molecule has 3 aromatic rings. The summed E-state index contributed by atoms with van der Waals surface area (Å²) in [5.41, 5.74) is 3.40. The Morgan fingerprint density at radius 2 is 1.56 bits per heavy atom. The van der Waals surface area contributed by atoms with E-state index in [1.54, 1.807) is 0 Å². The van der Waals surface area contributed by atoms with E-state index in [-0.39, 0.29) is 0 Å². The standard InChI is InChI=1S/C23H23N3O/c1-3-27-21-16-10-8-14-19(21)23(24-2)18-13-7-9-15-20(18)25-22(26-23)17-11-5-4-6-12-17/h4-16,24H,3H2,1-2H3,(H,25,26). The van der Waals surface area contributed by atoms with Crippen molar-refractivity contribution in [1.29, 1.82) is 0 Å². The predicted octanol–water partition coefficient (Wildman–Crippen LogP) is 4.38. The molecular weight excluding hydrogens is 334 g/mol. The van der Waals surface area contributed by atoms with Crippen LogP contribution in [0.1, 0.15) is 23.6 Å². The van der Waals surface area contributed by atoms with Crippen LogP contribution in [-0.4, -0.2) is 19.5 Å². The lowest BCUT2D eigenvalue weighted by atomic mass is 9.88. The summed E-state index contributed by atoms with van der Waals surface area (Å²) in [6.45, 7) is 2.60. The summed E-state index contributed by atoms with van der Waals surface area (Å²) >= 11 is 0. The molecule has 0 fully saturated rings. The summed E-state index contributed by atoms with van der Waals surface area (Å²) in [6, 6.07) is 26.6. The van der Waals surface area contributed by atoms with Crippen molar-refractivity contribution in [1.82, 2.24) is 5.32 Å². The molecule has 4 heteroatoms. The van der Waals surface area contributed by atoms with Crippen molar-refractivity contribution in [3.8, 4) is 5.75 Å². The quantitative estimate of drug-likeness (QED) is 0.712. The third-order valence-corrected chi connectivity index (χ3v) is 4.84. The van der Waals surface area contributed by atoms with Gasteiger partial charge in [0.05, 0.1) is 6.61 Å². The Hall–Kier alpha value is -3.11. The second-order valence-electron chi connectivity index (χ2n) is 6.39. The van der Waals surface area contributed by atoms with Gasteiger partial charge in [-0.05, 0) is 26.1 Å². The number of nitrogens with one attached hydrogen (secondary N) is 2. The number of hydrogen-bond donors (Lipinski definition) is 2. The molecular formula is C23H23N3O. The van der Waals surface area contributed by atoms with E-state index < -0.39 is 5.66 Å². The van der Waals surface area contributed by atoms with Crippen LogP contribution in [-0.2, 0) is 5.66 Å². The zero-order valence-electron chi connectivity index (χ0n) is 15.6. The van der Waals surface area contributed by atoms with Crippen LogP contribution in [0.15, 0.2) is 83.9 Å². The minimum atomic E-state index is -0.737. The summed E-state index contributed by atoms with van der Waals surface area (Å²) in [6.07, 6.45) is 0. The first-order valence-corrected chi connectivity index (χ1v) is 9.21. The van der Waals surface area contributed by atoms with Crippen LogP contribution in [0, 0.1) is 0 Å². The van der Waals surface area contributed by atoms with Gasteiger partial charge in [-0.25, -0.2) is 4.99 Å². The molecule has 1 heterocycles. The van der Waals surface area contributed by atoms with Gasteiger partial charge in [0.2, 0.25) is 0 Å². The highest BCUT2D eigenvalue weighted by Gasteiger charge is 2.40. The van der Waals surface area contributed by atoms with Crippen molar-refractivity contribution in [3.05, 3.63) is 95.6 Å². The van der Waals surface area contributed by atoms with Crippen LogP contribution in [0.2, 0.25) is 0 Å². The number of para-hydroxylation sites is 2. The first kappa shape index (κ1) is 17.3. The lowest BCUT2D eigenvalue weighted by Gasteiger charge is -2.37. The van der Waals surface area contributed by atoms with E-state index >= 15 is 0 Å². The molecule has 1 aliphatic rings. The van der Waals surface area contributed by atoms with Crippen LogP contribution < -0.4 is 15.4 Å². The fourth-order valence-corrected chi connectivity index (χ4v) is 3.60. The molecule has 1 atom stereocenters. The van der Waals surface area contributed by atoms with E-state index in [0.29, 0.717) is 6.61 Å². The molecule has 0 spiro atoms. The highest BCUT2D eigenvalue weighted by molar-refractivity contribution is 6.10. The highest BCUT2D eigenvalue weighted by atomic mass is 16.5. The molecule has 4 nitrogen and oxygen atoms in total. The lowest BCUT2D eigenvalue weighted by molar-refractivity contribution is 0.323. The Morgan fingerprint density at radius 3 is 2.30 bits per heavy atom. The number of hydrogen-bond acceptors (Lipinski definition) is 4. The summed E-state index contributed by atoms with van der Waals surface area (Å²) in [5.74, 6) is 1.66. The van der Waals surface area contributed by atoms with Gasteiger partial charge in [-0.2, -0.15) is 0 Å². The summed E-state index contributed by atoms with van der Waals surface area (Å²) in [4.78, 5) is 5.17. The summed E-state index contributed by atoms with van der Waals surface area (Å²) in [5, 5.41) is 6.97. The van der Waals surface area contributed by atoms with Crippen molar-refractivity contribution in [3.63, 3.8) is 0 Å². The molecule has 4 rings (SSSR count). The van der Waals surface area contributed by atoms with Gasteiger partial charge in [0.1, 0.15) is 11.6 Å². The van der Waals surface area contributed by atoms with Gasteiger partial charge in [-0.3, -0.25) is 5.32 Å². The van der Waals surface area contributed by atoms with Gasteiger partial charge in [-0.1, -0.05) is 66.7 Å². The second-order valence-corrected chi connectivity index (χ2v) is 6.39. The van der Waals surface area contributed by atoms with Crippen LogP contribution in [0.25, 0.3) is 0 Å². The maximum Gasteiger partial charge on any atom is 0.170 e. The molecule has 2 N–H and O–H groups in total. The van der Waals surface area contributed by atoms with E-state index in [2.05, 4.69) is 41.0 Å². The molecule has 0 saturated heterocycles. The van der Waals surface area contributed by atoms with Gasteiger partial charge in [0, 0.05) is 22.4 Å². The minimum Gasteiger partial charge on any atom is -0.493 e. The summed E-state index contributed by atoms with van der Waals surface area (Å²) < 4.78 is 5.94. The Kier molecular flexibility index (Phi) is 4.65. The summed E-state index contributed by atoms with van der Waals surface area (Å²) in [7, 11) is 1.94. The third kappa shape index (κ3) is 2.98. The van der Waals surface area contributed by atoms with E-state index in [0.717, 1.165) is 34.0 Å². The maximum atomic E-state index is 5.94. The average molecular weight is 357 g/mol. The highest BCUT2D eigenvalue weighted by Crippen LogP contribution is 2.42. The molecule has 136 valence electrons. The molecule has 1 aliphatic heterocycles. The molecule has 0 amide bonds. The van der Waals surface area contributed by atoms with E-state index in [9.17, 15) is 0 Å². The second kappa shape index (κ2) is 7.25. The molecule has 0 radical (unpaired) electrons. The van der Waals surface area contributed by atoms with Crippen molar-refractivity contribution in [2.75, 3.05) is 19.0 Å². The van der Waals surface area contributed by atoms with Crippen LogP contribution in [0.3, 0.4) is 0 Å². The van der Waals surface area contributed by atoms with Crippen LogP contribution >= 0.6 is 0 Å².